The van der Waals surface area contributed by atoms with Gasteiger partial charge in [0, 0.05) is 36.0 Å². The summed E-state index contributed by atoms with van der Waals surface area (Å²) in [4.78, 5) is 21.6. The first-order valence-corrected chi connectivity index (χ1v) is 8.44. The number of carbonyl (C=O) groups excluding carboxylic acids is 1. The minimum absolute atomic E-state index is 0.0498. The molecule has 1 aromatic carbocycles. The van der Waals surface area contributed by atoms with Crippen LogP contribution >= 0.6 is 0 Å². The molecule has 1 atom stereocenters. The molecule has 2 aromatic heterocycles. The van der Waals surface area contributed by atoms with E-state index in [4.69, 9.17) is 5.11 Å². The number of fused-ring (bicyclic) bond motifs is 1. The van der Waals surface area contributed by atoms with E-state index < -0.39 is 0 Å². The molecule has 1 unspecified atom stereocenters. The summed E-state index contributed by atoms with van der Waals surface area (Å²) in [5.41, 5.74) is 2.93. The number of nitrogens with zero attached hydrogens (tertiary/aromatic N) is 2. The Bertz CT molecular complexity index is 865. The molecule has 5 heteroatoms. The van der Waals surface area contributed by atoms with Gasteiger partial charge in [-0.3, -0.25) is 9.78 Å². The Labute approximate surface area is 146 Å². The summed E-state index contributed by atoms with van der Waals surface area (Å²) in [6, 6.07) is 13.1. The fraction of sp³-hybridized carbons (Fsp3) is 0.250. The first kappa shape index (κ1) is 17.0. The van der Waals surface area contributed by atoms with Gasteiger partial charge in [-0.25, -0.2) is 4.98 Å². The predicted octanol–water partition coefficient (Wildman–Crippen LogP) is 3.19. The standard InChI is InChI=1S/C20H21N3O2/c1-2-15(9-11-24)22-20(25)17-12-19(14-6-5-10-21-13-14)23-18-8-4-3-7-16(17)18/h3-8,10,12-13,15,24H,2,9,11H2,1H3,(H,22,25). The molecule has 0 aliphatic heterocycles. The average Bonchev–Trinajstić information content (AvgIpc) is 2.67. The molecule has 0 radical (unpaired) electrons. The van der Waals surface area contributed by atoms with Crippen LogP contribution in [0.4, 0.5) is 0 Å². The van der Waals surface area contributed by atoms with Gasteiger partial charge in [-0.05, 0) is 37.1 Å². The maximum Gasteiger partial charge on any atom is 0.252 e. The number of aliphatic hydroxyl groups is 1. The summed E-state index contributed by atoms with van der Waals surface area (Å²) in [7, 11) is 0. The van der Waals surface area contributed by atoms with Gasteiger partial charge in [0.1, 0.15) is 0 Å². The van der Waals surface area contributed by atoms with Gasteiger partial charge < -0.3 is 10.4 Å². The van der Waals surface area contributed by atoms with Gasteiger partial charge >= 0.3 is 0 Å². The quantitative estimate of drug-likeness (QED) is 0.725. The first-order valence-electron chi connectivity index (χ1n) is 8.44. The topological polar surface area (TPSA) is 75.1 Å². The van der Waals surface area contributed by atoms with Crippen molar-refractivity contribution < 1.29 is 9.90 Å². The van der Waals surface area contributed by atoms with E-state index in [1.807, 2.05) is 43.3 Å². The summed E-state index contributed by atoms with van der Waals surface area (Å²) in [5.74, 6) is -0.149. The van der Waals surface area contributed by atoms with Crippen LogP contribution in [0.3, 0.4) is 0 Å². The highest BCUT2D eigenvalue weighted by Gasteiger charge is 2.16. The molecule has 3 aromatic rings. The Hall–Kier alpha value is -2.79. The lowest BCUT2D eigenvalue weighted by molar-refractivity contribution is 0.0931. The van der Waals surface area contributed by atoms with Crippen LogP contribution in [0.15, 0.2) is 54.9 Å². The predicted molar refractivity (Wildman–Crippen MR) is 98.2 cm³/mol. The molecule has 25 heavy (non-hydrogen) atoms. The van der Waals surface area contributed by atoms with Crippen LogP contribution in [-0.4, -0.2) is 33.6 Å². The Morgan fingerprint density at radius 3 is 2.80 bits per heavy atom. The van der Waals surface area contributed by atoms with Crippen molar-refractivity contribution in [1.82, 2.24) is 15.3 Å². The molecule has 0 bridgehead atoms. The minimum atomic E-state index is -0.149. The Morgan fingerprint density at radius 1 is 1.24 bits per heavy atom. The van der Waals surface area contributed by atoms with Crippen molar-refractivity contribution in [3.05, 3.63) is 60.4 Å². The van der Waals surface area contributed by atoms with E-state index in [2.05, 4.69) is 15.3 Å². The molecule has 0 spiro atoms. The molecule has 0 saturated heterocycles. The van der Waals surface area contributed by atoms with Crippen LogP contribution in [0, 0.1) is 0 Å². The second kappa shape index (κ2) is 7.85. The van der Waals surface area contributed by atoms with Crippen molar-refractivity contribution in [2.24, 2.45) is 0 Å². The molecular formula is C20H21N3O2. The number of hydrogen-bond acceptors (Lipinski definition) is 4. The Morgan fingerprint density at radius 2 is 2.08 bits per heavy atom. The third kappa shape index (κ3) is 3.83. The lowest BCUT2D eigenvalue weighted by Gasteiger charge is -2.17. The lowest BCUT2D eigenvalue weighted by atomic mass is 10.0. The van der Waals surface area contributed by atoms with Crippen molar-refractivity contribution in [2.45, 2.75) is 25.8 Å². The van der Waals surface area contributed by atoms with E-state index in [1.54, 1.807) is 18.5 Å². The molecule has 0 aliphatic carbocycles. The van der Waals surface area contributed by atoms with Gasteiger partial charge in [0.15, 0.2) is 0 Å². The molecule has 3 rings (SSSR count). The van der Waals surface area contributed by atoms with Gasteiger partial charge in [-0.1, -0.05) is 25.1 Å². The number of aliphatic hydroxyl groups excluding tert-OH is 1. The van der Waals surface area contributed by atoms with Crippen molar-refractivity contribution in [3.8, 4) is 11.3 Å². The van der Waals surface area contributed by atoms with Crippen LogP contribution < -0.4 is 5.32 Å². The number of pyridine rings is 2. The van der Waals surface area contributed by atoms with E-state index in [0.717, 1.165) is 22.9 Å². The van der Waals surface area contributed by atoms with Crippen LogP contribution in [0.25, 0.3) is 22.2 Å². The SMILES string of the molecule is CCC(CCO)NC(=O)c1cc(-c2cccnc2)nc2ccccc12. The third-order valence-corrected chi connectivity index (χ3v) is 4.22. The number of hydrogen-bond donors (Lipinski definition) is 2. The molecule has 0 fully saturated rings. The van der Waals surface area contributed by atoms with Gasteiger partial charge in [0.2, 0.25) is 0 Å². The highest BCUT2D eigenvalue weighted by Crippen LogP contribution is 2.24. The van der Waals surface area contributed by atoms with Crippen molar-refractivity contribution >= 4 is 16.8 Å². The lowest BCUT2D eigenvalue weighted by Crippen LogP contribution is -2.35. The maximum atomic E-state index is 12.9. The summed E-state index contributed by atoms with van der Waals surface area (Å²) < 4.78 is 0. The normalized spacial score (nSPS) is 12.1. The highest BCUT2D eigenvalue weighted by molar-refractivity contribution is 6.07. The zero-order valence-corrected chi connectivity index (χ0v) is 14.1. The number of rotatable bonds is 6. The van der Waals surface area contributed by atoms with E-state index >= 15 is 0 Å². The van der Waals surface area contributed by atoms with Crippen LogP contribution in [0.2, 0.25) is 0 Å². The second-order valence-electron chi connectivity index (χ2n) is 5.90. The summed E-state index contributed by atoms with van der Waals surface area (Å²) in [5, 5.41) is 13.0. The van der Waals surface area contributed by atoms with Gasteiger partial charge in [-0.15, -0.1) is 0 Å². The summed E-state index contributed by atoms with van der Waals surface area (Å²) in [6.07, 6.45) is 4.75. The molecule has 0 saturated carbocycles. The average molecular weight is 335 g/mol. The van der Waals surface area contributed by atoms with E-state index in [-0.39, 0.29) is 18.6 Å². The molecule has 2 N–H and O–H groups in total. The van der Waals surface area contributed by atoms with Crippen molar-refractivity contribution in [1.29, 1.82) is 0 Å². The zero-order chi connectivity index (χ0) is 17.6. The molecule has 2 heterocycles. The minimum Gasteiger partial charge on any atom is -0.396 e. The van der Waals surface area contributed by atoms with Gasteiger partial charge in [0.05, 0.1) is 16.8 Å². The van der Waals surface area contributed by atoms with Crippen LogP contribution in [0.5, 0.6) is 0 Å². The fourth-order valence-corrected chi connectivity index (χ4v) is 2.82. The fourth-order valence-electron chi connectivity index (χ4n) is 2.82. The third-order valence-electron chi connectivity index (χ3n) is 4.22. The number of carbonyl (C=O) groups is 1. The number of para-hydroxylation sites is 1. The smallest absolute Gasteiger partial charge is 0.252 e. The largest absolute Gasteiger partial charge is 0.396 e. The van der Waals surface area contributed by atoms with E-state index in [0.29, 0.717) is 17.7 Å². The van der Waals surface area contributed by atoms with Crippen LogP contribution in [-0.2, 0) is 0 Å². The van der Waals surface area contributed by atoms with Crippen LogP contribution in [0.1, 0.15) is 30.1 Å². The first-order chi connectivity index (χ1) is 12.2. The zero-order valence-electron chi connectivity index (χ0n) is 14.1. The van der Waals surface area contributed by atoms with E-state index in [1.165, 1.54) is 0 Å². The maximum absolute atomic E-state index is 12.9. The Kier molecular flexibility index (Phi) is 5.36. The summed E-state index contributed by atoms with van der Waals surface area (Å²) in [6.45, 7) is 2.04. The van der Waals surface area contributed by atoms with Crippen molar-refractivity contribution in [2.75, 3.05) is 6.61 Å². The highest BCUT2D eigenvalue weighted by atomic mass is 16.3. The number of benzene rings is 1. The van der Waals surface area contributed by atoms with Crippen molar-refractivity contribution in [3.63, 3.8) is 0 Å². The number of nitrogens with one attached hydrogen (secondary N) is 1. The van der Waals surface area contributed by atoms with Gasteiger partial charge in [0.25, 0.3) is 5.91 Å². The molecule has 1 amide bonds. The monoisotopic (exact) mass is 335 g/mol. The molecule has 5 nitrogen and oxygen atoms in total. The van der Waals surface area contributed by atoms with E-state index in [9.17, 15) is 4.79 Å². The molecule has 128 valence electrons. The second-order valence-corrected chi connectivity index (χ2v) is 5.90. The number of amides is 1. The summed E-state index contributed by atoms with van der Waals surface area (Å²) >= 11 is 0. The molecule has 0 aliphatic rings. The Balaban J connectivity index is 2.05. The van der Waals surface area contributed by atoms with Gasteiger partial charge in [-0.2, -0.15) is 0 Å². The molecular weight excluding hydrogens is 314 g/mol. The number of aromatic nitrogens is 2.